The molecule has 101 valence electrons. The minimum Gasteiger partial charge on any atom is -0.492 e. The van der Waals surface area contributed by atoms with Crippen LogP contribution in [0.4, 0.5) is 0 Å². The molecule has 2 heterocycles. The minimum absolute atomic E-state index is 0.199. The highest BCUT2D eigenvalue weighted by molar-refractivity contribution is 5.99. The van der Waals surface area contributed by atoms with Gasteiger partial charge in [-0.1, -0.05) is 13.3 Å². The van der Waals surface area contributed by atoms with Crippen LogP contribution < -0.4 is 4.74 Å². The van der Waals surface area contributed by atoms with Gasteiger partial charge in [0.25, 0.3) is 5.95 Å². The smallest absolute Gasteiger partial charge is 0.294 e. The number of furan rings is 2. The average molecular weight is 263 g/mol. The van der Waals surface area contributed by atoms with Gasteiger partial charge in [-0.3, -0.25) is 4.79 Å². The van der Waals surface area contributed by atoms with Crippen molar-refractivity contribution in [3.05, 3.63) is 23.7 Å². The first-order chi connectivity index (χ1) is 9.08. The normalized spacial score (nSPS) is 10.7. The van der Waals surface area contributed by atoms with Gasteiger partial charge in [-0.15, -0.1) is 0 Å². The molecule has 0 spiro atoms. The van der Waals surface area contributed by atoms with Crippen LogP contribution in [-0.2, 0) is 6.42 Å². The molecule has 0 atom stereocenters. The van der Waals surface area contributed by atoms with Crippen LogP contribution in [0.5, 0.6) is 11.7 Å². The number of Topliss-reactive ketones (excluding diaryl/α,β-unsaturated/α-hetero) is 1. The lowest BCUT2D eigenvalue weighted by atomic mass is 10.0. The molecule has 2 aromatic heterocycles. The topological polar surface area (TPSA) is 72.8 Å². The van der Waals surface area contributed by atoms with Crippen LogP contribution in [-0.4, -0.2) is 18.0 Å². The Kier molecular flexibility index (Phi) is 3.64. The second kappa shape index (κ2) is 5.22. The lowest BCUT2D eigenvalue weighted by molar-refractivity contribution is 0.0987. The van der Waals surface area contributed by atoms with E-state index in [9.17, 15) is 9.90 Å². The maximum Gasteiger partial charge on any atom is 0.294 e. The van der Waals surface area contributed by atoms with E-state index in [-0.39, 0.29) is 29.0 Å². The summed E-state index contributed by atoms with van der Waals surface area (Å²) in [7, 11) is 1.44. The molecule has 0 saturated carbocycles. The lowest BCUT2D eigenvalue weighted by Gasteiger charge is -2.03. The van der Waals surface area contributed by atoms with Crippen LogP contribution in [0.1, 0.15) is 36.4 Å². The maximum absolute atomic E-state index is 11.6. The fraction of sp³-hybridized carbons (Fsp3) is 0.357. The number of methoxy groups -OCH3 is 1. The molecule has 0 amide bonds. The highest BCUT2D eigenvalue weighted by atomic mass is 16.5. The zero-order valence-electron chi connectivity index (χ0n) is 11.1. The van der Waals surface area contributed by atoms with Gasteiger partial charge in [-0.2, -0.15) is 0 Å². The second-order valence-corrected chi connectivity index (χ2v) is 4.17. The minimum atomic E-state index is -0.384. The van der Waals surface area contributed by atoms with Crippen LogP contribution in [0.25, 0.3) is 11.3 Å². The van der Waals surface area contributed by atoms with E-state index in [1.54, 1.807) is 0 Å². The molecule has 5 heteroatoms. The zero-order valence-corrected chi connectivity index (χ0v) is 11.1. The van der Waals surface area contributed by atoms with Crippen LogP contribution in [0.3, 0.4) is 0 Å². The molecule has 1 radical (unpaired) electrons. The van der Waals surface area contributed by atoms with Gasteiger partial charge < -0.3 is 18.7 Å². The number of carbonyl (C=O) groups is 1. The molecule has 0 aliphatic rings. The lowest BCUT2D eigenvalue weighted by Crippen LogP contribution is -1.95. The van der Waals surface area contributed by atoms with Gasteiger partial charge in [0.15, 0.2) is 23.1 Å². The first-order valence-electron chi connectivity index (χ1n) is 5.99. The summed E-state index contributed by atoms with van der Waals surface area (Å²) in [4.78, 5) is 11.6. The standard InChI is InChI=1S/C14H15O5/c1-4-5-9-7-18-13(8(2)15)12(9)14-10(17-3)6-11(16)19-14/h7,16H,4-5H2,1-3H3. The van der Waals surface area contributed by atoms with Gasteiger partial charge >= 0.3 is 0 Å². The van der Waals surface area contributed by atoms with E-state index in [1.165, 1.54) is 20.3 Å². The van der Waals surface area contributed by atoms with E-state index in [0.29, 0.717) is 5.56 Å². The van der Waals surface area contributed by atoms with Crippen molar-refractivity contribution < 1.29 is 23.5 Å². The first kappa shape index (κ1) is 13.3. The molecule has 0 saturated heterocycles. The summed E-state index contributed by atoms with van der Waals surface area (Å²) in [5.41, 5.74) is 1.37. The summed E-state index contributed by atoms with van der Waals surface area (Å²) >= 11 is 0. The largest absolute Gasteiger partial charge is 0.492 e. The number of carbonyl (C=O) groups excluding carboxylic acids is 1. The number of hydrogen-bond donors (Lipinski definition) is 1. The SMILES string of the molecule is CCCc1coc(C(C)=O)c1-c1oc(O)[c]c1OC. The van der Waals surface area contributed by atoms with Crippen molar-refractivity contribution in [1.82, 2.24) is 0 Å². The highest BCUT2D eigenvalue weighted by Crippen LogP contribution is 2.40. The van der Waals surface area contributed by atoms with Crippen molar-refractivity contribution in [2.75, 3.05) is 7.11 Å². The van der Waals surface area contributed by atoms with E-state index in [0.717, 1.165) is 18.4 Å². The molecule has 0 aliphatic heterocycles. The summed E-state index contributed by atoms with van der Waals surface area (Å²) < 4.78 is 15.6. The predicted octanol–water partition coefficient (Wildman–Crippen LogP) is 3.21. The number of rotatable bonds is 5. The van der Waals surface area contributed by atoms with E-state index < -0.39 is 0 Å². The fourth-order valence-electron chi connectivity index (χ4n) is 1.99. The third-order valence-corrected chi connectivity index (χ3v) is 2.76. The Morgan fingerprint density at radius 1 is 1.53 bits per heavy atom. The quantitative estimate of drug-likeness (QED) is 0.838. The molecule has 0 aliphatic carbocycles. The third kappa shape index (κ3) is 2.36. The van der Waals surface area contributed by atoms with Gasteiger partial charge in [-0.05, 0) is 6.42 Å². The average Bonchev–Trinajstić information content (AvgIpc) is 2.92. The Bertz CT molecular complexity index is 591. The van der Waals surface area contributed by atoms with Crippen LogP contribution in [0.15, 0.2) is 15.1 Å². The second-order valence-electron chi connectivity index (χ2n) is 4.17. The van der Waals surface area contributed by atoms with Gasteiger partial charge in [0, 0.05) is 12.5 Å². The number of hydrogen-bond acceptors (Lipinski definition) is 5. The zero-order chi connectivity index (χ0) is 14.0. The molecule has 0 fully saturated rings. The van der Waals surface area contributed by atoms with Crippen molar-refractivity contribution in [3.63, 3.8) is 0 Å². The summed E-state index contributed by atoms with van der Waals surface area (Å²) in [6, 6.07) is 2.53. The van der Waals surface area contributed by atoms with E-state index in [1.807, 2.05) is 6.92 Å². The molecule has 0 aromatic carbocycles. The van der Waals surface area contributed by atoms with Gasteiger partial charge in [-0.25, -0.2) is 0 Å². The Morgan fingerprint density at radius 2 is 2.26 bits per heavy atom. The monoisotopic (exact) mass is 263 g/mol. The molecular formula is C14H15O5. The fourth-order valence-corrected chi connectivity index (χ4v) is 1.99. The Labute approximate surface area is 110 Å². The van der Waals surface area contributed by atoms with Crippen LogP contribution >= 0.6 is 0 Å². The van der Waals surface area contributed by atoms with E-state index >= 15 is 0 Å². The molecule has 2 aromatic rings. The summed E-state index contributed by atoms with van der Waals surface area (Å²) in [6.45, 7) is 3.43. The van der Waals surface area contributed by atoms with Gasteiger partial charge in [0.05, 0.1) is 18.9 Å². The molecule has 1 N–H and O–H groups in total. The van der Waals surface area contributed by atoms with Crippen LogP contribution in [0, 0.1) is 6.07 Å². The summed E-state index contributed by atoms with van der Waals surface area (Å²) in [6.07, 6.45) is 3.16. The van der Waals surface area contributed by atoms with Gasteiger partial charge in [0.2, 0.25) is 0 Å². The number of aromatic hydroxyl groups is 1. The highest BCUT2D eigenvalue weighted by Gasteiger charge is 2.25. The van der Waals surface area contributed by atoms with Crippen molar-refractivity contribution in [3.8, 4) is 23.0 Å². The molecule has 0 unspecified atom stereocenters. The van der Waals surface area contributed by atoms with Crippen molar-refractivity contribution in [2.45, 2.75) is 26.7 Å². The molecular weight excluding hydrogens is 248 g/mol. The van der Waals surface area contributed by atoms with E-state index in [4.69, 9.17) is 13.6 Å². The Balaban J connectivity index is 2.63. The molecule has 2 rings (SSSR count). The summed E-state index contributed by atoms with van der Waals surface area (Å²) in [5, 5.41) is 9.40. The van der Waals surface area contributed by atoms with Crippen LogP contribution in [0.2, 0.25) is 0 Å². The third-order valence-electron chi connectivity index (χ3n) is 2.76. The molecule has 19 heavy (non-hydrogen) atoms. The van der Waals surface area contributed by atoms with Crippen molar-refractivity contribution in [1.29, 1.82) is 0 Å². The maximum atomic E-state index is 11.6. The van der Waals surface area contributed by atoms with Crippen molar-refractivity contribution in [2.24, 2.45) is 0 Å². The van der Waals surface area contributed by atoms with E-state index in [2.05, 4.69) is 6.07 Å². The van der Waals surface area contributed by atoms with Crippen molar-refractivity contribution >= 4 is 5.78 Å². The number of ketones is 1. The summed E-state index contributed by atoms with van der Waals surface area (Å²) in [5.74, 6) is 0.117. The predicted molar refractivity (Wildman–Crippen MR) is 67.5 cm³/mol. The number of ether oxygens (including phenoxy) is 1. The number of aryl methyl sites for hydroxylation is 1. The molecule has 5 nitrogen and oxygen atoms in total. The first-order valence-corrected chi connectivity index (χ1v) is 5.99. The Morgan fingerprint density at radius 3 is 2.84 bits per heavy atom. The molecule has 0 bridgehead atoms. The Hall–Kier alpha value is -2.17. The van der Waals surface area contributed by atoms with Gasteiger partial charge in [0.1, 0.15) is 6.07 Å².